The molecule has 1 aliphatic rings. The van der Waals surface area contributed by atoms with Gasteiger partial charge in [0.05, 0.1) is 6.10 Å². The van der Waals surface area contributed by atoms with Crippen LogP contribution in [0, 0.1) is 11.3 Å². The highest BCUT2D eigenvalue weighted by Gasteiger charge is 2.24. The average molecular weight is 225 g/mol. The van der Waals surface area contributed by atoms with Gasteiger partial charge < -0.3 is 10.4 Å². The number of nitrogens with one attached hydrogen (secondary N) is 1. The first-order chi connectivity index (χ1) is 7.41. The van der Waals surface area contributed by atoms with Gasteiger partial charge >= 0.3 is 0 Å². The van der Waals surface area contributed by atoms with Crippen molar-refractivity contribution < 1.29 is 9.90 Å². The van der Waals surface area contributed by atoms with E-state index >= 15 is 0 Å². The van der Waals surface area contributed by atoms with Crippen molar-refractivity contribution in [2.24, 2.45) is 11.3 Å². The van der Waals surface area contributed by atoms with Crippen LogP contribution in [0.5, 0.6) is 0 Å². The Morgan fingerprint density at radius 1 is 1.50 bits per heavy atom. The Morgan fingerprint density at radius 2 is 2.06 bits per heavy atom. The molecule has 0 fully saturated rings. The van der Waals surface area contributed by atoms with E-state index in [-0.39, 0.29) is 23.3 Å². The number of aliphatic hydroxyl groups excluding tert-OH is 1. The van der Waals surface area contributed by atoms with E-state index in [2.05, 4.69) is 31.3 Å². The molecule has 0 aromatic heterocycles. The normalized spacial score (nSPS) is 18.8. The first kappa shape index (κ1) is 13.2. The van der Waals surface area contributed by atoms with E-state index in [4.69, 9.17) is 0 Å². The van der Waals surface area contributed by atoms with Crippen LogP contribution in [0.25, 0.3) is 0 Å². The zero-order valence-electron chi connectivity index (χ0n) is 10.5. The first-order valence-corrected chi connectivity index (χ1v) is 6.01. The molecular formula is C13H23NO2. The average Bonchev–Trinajstić information content (AvgIpc) is 2.64. The summed E-state index contributed by atoms with van der Waals surface area (Å²) in [5, 5.41) is 12.3. The number of carbonyl (C=O) groups excluding carboxylic acids is 1. The summed E-state index contributed by atoms with van der Waals surface area (Å²) in [4.78, 5) is 11.8. The maximum absolute atomic E-state index is 11.8. The summed E-state index contributed by atoms with van der Waals surface area (Å²) in [5.74, 6) is 0.269. The Hall–Kier alpha value is -0.830. The standard InChI is InChI=1S/C13H23NO2/c1-10(15)8-13(2,3)9-14-12(16)11-6-4-5-7-11/h4-5,10-11,15H,6-9H2,1-3H3,(H,14,16). The third-order valence-electron chi connectivity index (χ3n) is 2.97. The number of carbonyl (C=O) groups is 1. The smallest absolute Gasteiger partial charge is 0.223 e. The number of hydrogen-bond donors (Lipinski definition) is 2. The quantitative estimate of drug-likeness (QED) is 0.702. The monoisotopic (exact) mass is 225 g/mol. The molecule has 92 valence electrons. The number of amides is 1. The number of hydrogen-bond acceptors (Lipinski definition) is 2. The zero-order chi connectivity index (χ0) is 12.2. The van der Waals surface area contributed by atoms with Crippen molar-refractivity contribution in [1.82, 2.24) is 5.32 Å². The van der Waals surface area contributed by atoms with Gasteiger partial charge in [0.15, 0.2) is 0 Å². The van der Waals surface area contributed by atoms with E-state index in [1.54, 1.807) is 6.92 Å². The molecule has 0 heterocycles. The highest BCUT2D eigenvalue weighted by Crippen LogP contribution is 2.22. The summed E-state index contributed by atoms with van der Waals surface area (Å²) < 4.78 is 0. The predicted octanol–water partition coefficient (Wildman–Crippen LogP) is 1.87. The summed E-state index contributed by atoms with van der Waals surface area (Å²) in [5.41, 5.74) is -0.0458. The molecule has 1 atom stereocenters. The van der Waals surface area contributed by atoms with Crippen molar-refractivity contribution in [3.05, 3.63) is 12.2 Å². The fourth-order valence-electron chi connectivity index (χ4n) is 2.17. The van der Waals surface area contributed by atoms with Crippen LogP contribution in [-0.4, -0.2) is 23.7 Å². The Kier molecular flexibility index (Phi) is 4.54. The Bertz CT molecular complexity index is 261. The molecule has 0 saturated carbocycles. The second kappa shape index (κ2) is 5.48. The summed E-state index contributed by atoms with van der Waals surface area (Å²) in [6.07, 6.45) is 6.23. The van der Waals surface area contributed by atoms with E-state index in [1.165, 1.54) is 0 Å². The van der Waals surface area contributed by atoms with Crippen molar-refractivity contribution in [1.29, 1.82) is 0 Å². The predicted molar refractivity (Wildman–Crippen MR) is 65.0 cm³/mol. The number of aliphatic hydroxyl groups is 1. The molecule has 3 nitrogen and oxygen atoms in total. The first-order valence-electron chi connectivity index (χ1n) is 6.01. The van der Waals surface area contributed by atoms with Crippen molar-refractivity contribution in [2.45, 2.75) is 46.1 Å². The van der Waals surface area contributed by atoms with Crippen LogP contribution in [-0.2, 0) is 4.79 Å². The summed E-state index contributed by atoms with van der Waals surface area (Å²) in [6.45, 7) is 6.54. The van der Waals surface area contributed by atoms with Gasteiger partial charge in [0.25, 0.3) is 0 Å². The number of rotatable bonds is 5. The second-order valence-corrected chi connectivity index (χ2v) is 5.57. The van der Waals surface area contributed by atoms with Gasteiger partial charge in [-0.2, -0.15) is 0 Å². The lowest BCUT2D eigenvalue weighted by molar-refractivity contribution is -0.125. The third kappa shape index (κ3) is 4.35. The summed E-state index contributed by atoms with van der Waals surface area (Å²) in [6, 6.07) is 0. The minimum Gasteiger partial charge on any atom is -0.393 e. The number of allylic oxidation sites excluding steroid dienone is 2. The van der Waals surface area contributed by atoms with Gasteiger partial charge in [-0.1, -0.05) is 26.0 Å². The van der Waals surface area contributed by atoms with Crippen LogP contribution in [0.2, 0.25) is 0 Å². The van der Waals surface area contributed by atoms with Gasteiger partial charge in [-0.05, 0) is 31.6 Å². The van der Waals surface area contributed by atoms with E-state index in [0.717, 1.165) is 12.8 Å². The van der Waals surface area contributed by atoms with Crippen molar-refractivity contribution in [3.8, 4) is 0 Å². The molecule has 1 amide bonds. The van der Waals surface area contributed by atoms with E-state index in [9.17, 15) is 9.90 Å². The largest absolute Gasteiger partial charge is 0.393 e. The van der Waals surface area contributed by atoms with Gasteiger partial charge in [0, 0.05) is 12.5 Å². The molecule has 0 aromatic carbocycles. The van der Waals surface area contributed by atoms with Gasteiger partial charge in [-0.25, -0.2) is 0 Å². The second-order valence-electron chi connectivity index (χ2n) is 5.57. The topological polar surface area (TPSA) is 49.3 Å². The maximum atomic E-state index is 11.8. The molecule has 0 radical (unpaired) electrons. The van der Waals surface area contributed by atoms with Crippen LogP contribution < -0.4 is 5.32 Å². The maximum Gasteiger partial charge on any atom is 0.223 e. The van der Waals surface area contributed by atoms with Crippen molar-refractivity contribution in [2.75, 3.05) is 6.54 Å². The summed E-state index contributed by atoms with van der Waals surface area (Å²) in [7, 11) is 0. The highest BCUT2D eigenvalue weighted by atomic mass is 16.3. The van der Waals surface area contributed by atoms with E-state index < -0.39 is 0 Å². The van der Waals surface area contributed by atoms with Gasteiger partial charge in [-0.15, -0.1) is 0 Å². The van der Waals surface area contributed by atoms with Crippen molar-refractivity contribution in [3.63, 3.8) is 0 Å². The molecular weight excluding hydrogens is 202 g/mol. The van der Waals surface area contributed by atoms with E-state index in [0.29, 0.717) is 13.0 Å². The molecule has 0 spiro atoms. The molecule has 0 bridgehead atoms. The van der Waals surface area contributed by atoms with Crippen LogP contribution in [0.1, 0.15) is 40.0 Å². The molecule has 2 N–H and O–H groups in total. The lowest BCUT2D eigenvalue weighted by Gasteiger charge is -2.27. The Balaban J connectivity index is 2.30. The lowest BCUT2D eigenvalue weighted by Crippen LogP contribution is -2.38. The molecule has 1 aliphatic carbocycles. The fraction of sp³-hybridized carbons (Fsp3) is 0.769. The van der Waals surface area contributed by atoms with Crippen LogP contribution in [0.15, 0.2) is 12.2 Å². The van der Waals surface area contributed by atoms with Gasteiger partial charge in [-0.3, -0.25) is 4.79 Å². The third-order valence-corrected chi connectivity index (χ3v) is 2.97. The molecule has 0 aromatic rings. The lowest BCUT2D eigenvalue weighted by atomic mass is 9.87. The SMILES string of the molecule is CC(O)CC(C)(C)CNC(=O)C1CC=CC1. The van der Waals surface area contributed by atoms with Gasteiger partial charge in [0.1, 0.15) is 0 Å². The fourth-order valence-corrected chi connectivity index (χ4v) is 2.17. The Morgan fingerprint density at radius 3 is 2.56 bits per heavy atom. The highest BCUT2D eigenvalue weighted by molar-refractivity contribution is 5.79. The van der Waals surface area contributed by atoms with Gasteiger partial charge in [0.2, 0.25) is 5.91 Å². The van der Waals surface area contributed by atoms with Crippen LogP contribution in [0.3, 0.4) is 0 Å². The minimum atomic E-state index is -0.319. The van der Waals surface area contributed by atoms with Crippen LogP contribution in [0.4, 0.5) is 0 Å². The zero-order valence-corrected chi connectivity index (χ0v) is 10.5. The Labute approximate surface area is 97.9 Å². The van der Waals surface area contributed by atoms with Crippen molar-refractivity contribution >= 4 is 5.91 Å². The molecule has 0 aliphatic heterocycles. The molecule has 3 heteroatoms. The molecule has 0 saturated heterocycles. The molecule has 1 unspecified atom stereocenters. The molecule has 1 rings (SSSR count). The summed E-state index contributed by atoms with van der Waals surface area (Å²) >= 11 is 0. The molecule has 16 heavy (non-hydrogen) atoms. The van der Waals surface area contributed by atoms with Crippen LogP contribution >= 0.6 is 0 Å². The minimum absolute atomic E-state index is 0.0458. The van der Waals surface area contributed by atoms with E-state index in [1.807, 2.05) is 0 Å².